The van der Waals surface area contributed by atoms with Gasteiger partial charge in [0.15, 0.2) is 0 Å². The second-order valence-corrected chi connectivity index (χ2v) is 1.28. The van der Waals surface area contributed by atoms with Crippen molar-refractivity contribution in [1.82, 2.24) is 0 Å². The number of aliphatic imine (C=N–C) groups is 2. The van der Waals surface area contributed by atoms with Crippen LogP contribution in [0.15, 0.2) is 34.5 Å². The fourth-order valence-corrected chi connectivity index (χ4v) is 0.375. The summed E-state index contributed by atoms with van der Waals surface area (Å²) < 4.78 is 0. The zero-order chi connectivity index (χ0) is 5.66. The molecule has 40 valence electrons. The lowest BCUT2D eigenvalue weighted by Crippen LogP contribution is -1.67. The highest BCUT2D eigenvalue weighted by molar-refractivity contribution is 5.77. The van der Waals surface area contributed by atoms with E-state index in [1.807, 2.05) is 0 Å². The molecule has 0 aliphatic carbocycles. The van der Waals surface area contributed by atoms with Gasteiger partial charge in [0.2, 0.25) is 0 Å². The van der Waals surface area contributed by atoms with Gasteiger partial charge in [-0.2, -0.15) is 0 Å². The molecular weight excluding hydrogens is 100 g/mol. The quantitative estimate of drug-likeness (QED) is 0.443. The zero-order valence-corrected chi connectivity index (χ0v) is 4.36. The van der Waals surface area contributed by atoms with E-state index in [1.165, 1.54) is 0 Å². The molecule has 0 N–H and O–H groups in total. The first kappa shape index (κ1) is 4.97. The van der Waals surface area contributed by atoms with Crippen LogP contribution in [0.5, 0.6) is 0 Å². The Balaban J connectivity index is 2.67. The van der Waals surface area contributed by atoms with Crippen molar-refractivity contribution < 1.29 is 0 Å². The molecule has 0 saturated heterocycles. The topological polar surface area (TPSA) is 24.7 Å². The maximum absolute atomic E-state index is 3.85. The van der Waals surface area contributed by atoms with Gasteiger partial charge in [-0.1, -0.05) is 0 Å². The largest absolute Gasteiger partial charge is 0.265 e. The lowest BCUT2D eigenvalue weighted by Gasteiger charge is -1.77. The highest BCUT2D eigenvalue weighted by atomic mass is 14.7. The molecule has 1 aliphatic heterocycles. The van der Waals surface area contributed by atoms with Crippen LogP contribution in [0.25, 0.3) is 0 Å². The van der Waals surface area contributed by atoms with Gasteiger partial charge in [0.25, 0.3) is 0 Å². The first-order valence-corrected chi connectivity index (χ1v) is 2.37. The maximum Gasteiger partial charge on any atom is 0.0283 e. The van der Waals surface area contributed by atoms with E-state index in [9.17, 15) is 0 Å². The van der Waals surface area contributed by atoms with E-state index in [0.29, 0.717) is 0 Å². The molecule has 2 heteroatoms. The molecular formula is C6H6N2. The van der Waals surface area contributed by atoms with Crippen LogP contribution < -0.4 is 0 Å². The van der Waals surface area contributed by atoms with Crippen molar-refractivity contribution in [2.24, 2.45) is 9.98 Å². The number of hydrogen-bond acceptors (Lipinski definition) is 2. The summed E-state index contributed by atoms with van der Waals surface area (Å²) in [5.74, 6) is 0. The molecule has 2 nitrogen and oxygen atoms in total. The van der Waals surface area contributed by atoms with E-state index in [2.05, 4.69) is 9.98 Å². The third kappa shape index (κ3) is 1.51. The first-order chi connectivity index (χ1) is 4.00. The Bertz CT molecular complexity index is 107. The molecule has 1 aliphatic rings. The fourth-order valence-electron chi connectivity index (χ4n) is 0.375. The summed E-state index contributed by atoms with van der Waals surface area (Å²) in [6.07, 6.45) is 10.3. The minimum atomic E-state index is 1.69. The number of rotatable bonds is 0. The van der Waals surface area contributed by atoms with Crippen LogP contribution in [0.3, 0.4) is 0 Å². The van der Waals surface area contributed by atoms with Gasteiger partial charge < -0.3 is 0 Å². The summed E-state index contributed by atoms with van der Waals surface area (Å²) in [4.78, 5) is 7.69. The SMILES string of the molecule is C1=CN=CC=CN=C1. The van der Waals surface area contributed by atoms with E-state index in [0.717, 1.165) is 0 Å². The summed E-state index contributed by atoms with van der Waals surface area (Å²) in [5, 5.41) is 0. The Labute approximate surface area is 48.0 Å². The molecule has 1 rings (SSSR count). The van der Waals surface area contributed by atoms with Crippen LogP contribution in [0, 0.1) is 0 Å². The number of hydrogen-bond donors (Lipinski definition) is 0. The van der Waals surface area contributed by atoms with E-state index >= 15 is 0 Å². The van der Waals surface area contributed by atoms with Crippen molar-refractivity contribution in [2.75, 3.05) is 0 Å². The number of nitrogens with zero attached hydrogens (tertiary/aromatic N) is 2. The standard InChI is InChI=1S/C6H6N2/c1-3-7-5-2-6-8-4-1/h1-6H. The van der Waals surface area contributed by atoms with Crippen LogP contribution in [0.1, 0.15) is 0 Å². The van der Waals surface area contributed by atoms with Crippen LogP contribution in [0.4, 0.5) is 0 Å². The van der Waals surface area contributed by atoms with Gasteiger partial charge in [0.1, 0.15) is 0 Å². The van der Waals surface area contributed by atoms with Gasteiger partial charge in [-0.3, -0.25) is 9.98 Å². The van der Waals surface area contributed by atoms with Crippen LogP contribution in [0.2, 0.25) is 0 Å². The van der Waals surface area contributed by atoms with Gasteiger partial charge in [0, 0.05) is 24.8 Å². The minimum Gasteiger partial charge on any atom is -0.265 e. The molecule has 0 spiro atoms. The monoisotopic (exact) mass is 106 g/mol. The lowest BCUT2D eigenvalue weighted by atomic mass is 10.6. The van der Waals surface area contributed by atoms with Crippen molar-refractivity contribution in [3.8, 4) is 0 Å². The Morgan fingerprint density at radius 1 is 0.750 bits per heavy atom. The van der Waals surface area contributed by atoms with E-state index in [1.54, 1.807) is 37.0 Å². The summed E-state index contributed by atoms with van der Waals surface area (Å²) in [7, 11) is 0. The molecule has 0 saturated carbocycles. The van der Waals surface area contributed by atoms with Crippen LogP contribution >= 0.6 is 0 Å². The summed E-state index contributed by atoms with van der Waals surface area (Å²) in [6, 6.07) is 0. The third-order valence-electron chi connectivity index (χ3n) is 0.689. The second kappa shape index (κ2) is 2.91. The maximum atomic E-state index is 3.85. The predicted molar refractivity (Wildman–Crippen MR) is 35.3 cm³/mol. The van der Waals surface area contributed by atoms with Crippen LogP contribution in [-0.2, 0) is 0 Å². The average Bonchev–Trinajstić information content (AvgIpc) is 1.62. The number of allylic oxidation sites excluding steroid dienone is 2. The van der Waals surface area contributed by atoms with Crippen molar-refractivity contribution in [1.29, 1.82) is 0 Å². The second-order valence-electron chi connectivity index (χ2n) is 1.28. The molecule has 0 aromatic heterocycles. The predicted octanol–water partition coefficient (Wildman–Crippen LogP) is 1.17. The molecule has 0 bridgehead atoms. The van der Waals surface area contributed by atoms with Gasteiger partial charge in [-0.15, -0.1) is 0 Å². The van der Waals surface area contributed by atoms with Crippen molar-refractivity contribution in [2.45, 2.75) is 0 Å². The Hall–Kier alpha value is -1.18. The average molecular weight is 106 g/mol. The Kier molecular flexibility index (Phi) is 1.80. The molecule has 0 unspecified atom stereocenters. The van der Waals surface area contributed by atoms with E-state index < -0.39 is 0 Å². The molecule has 0 aromatic rings. The summed E-state index contributed by atoms with van der Waals surface area (Å²) >= 11 is 0. The molecule has 8 heavy (non-hydrogen) atoms. The Morgan fingerprint density at radius 3 is 1.75 bits per heavy atom. The van der Waals surface area contributed by atoms with E-state index in [-0.39, 0.29) is 0 Å². The van der Waals surface area contributed by atoms with Gasteiger partial charge >= 0.3 is 0 Å². The Morgan fingerprint density at radius 2 is 1.25 bits per heavy atom. The summed E-state index contributed by atoms with van der Waals surface area (Å²) in [6.45, 7) is 0. The van der Waals surface area contributed by atoms with Crippen LogP contribution in [-0.4, -0.2) is 12.4 Å². The van der Waals surface area contributed by atoms with Gasteiger partial charge in [-0.25, -0.2) is 0 Å². The van der Waals surface area contributed by atoms with Crippen molar-refractivity contribution in [3.63, 3.8) is 0 Å². The molecule has 0 radical (unpaired) electrons. The van der Waals surface area contributed by atoms with Crippen molar-refractivity contribution in [3.05, 3.63) is 24.6 Å². The molecule has 0 fully saturated rings. The first-order valence-electron chi connectivity index (χ1n) is 2.37. The lowest BCUT2D eigenvalue weighted by molar-refractivity contribution is 1.55. The van der Waals surface area contributed by atoms with Crippen molar-refractivity contribution >= 4 is 12.4 Å². The zero-order valence-electron chi connectivity index (χ0n) is 4.36. The van der Waals surface area contributed by atoms with Gasteiger partial charge in [-0.05, 0) is 12.2 Å². The van der Waals surface area contributed by atoms with E-state index in [4.69, 9.17) is 0 Å². The molecule has 1 heterocycles. The molecule has 0 atom stereocenters. The highest BCUT2D eigenvalue weighted by Gasteiger charge is 1.66. The third-order valence-corrected chi connectivity index (χ3v) is 0.689. The summed E-state index contributed by atoms with van der Waals surface area (Å²) in [5.41, 5.74) is 0. The smallest absolute Gasteiger partial charge is 0.0283 e. The molecule has 0 amide bonds. The minimum absolute atomic E-state index is 1.69. The fraction of sp³-hybridized carbons (Fsp3) is 0. The highest BCUT2D eigenvalue weighted by Crippen LogP contribution is 1.78. The normalized spacial score (nSPS) is 16.0. The molecule has 0 aromatic carbocycles. The van der Waals surface area contributed by atoms with Gasteiger partial charge in [0.05, 0.1) is 0 Å².